The van der Waals surface area contributed by atoms with E-state index in [1.807, 2.05) is 0 Å². The summed E-state index contributed by atoms with van der Waals surface area (Å²) in [6, 6.07) is 8.84. The molecule has 0 amide bonds. The number of halogens is 1. The highest BCUT2D eigenvalue weighted by Crippen LogP contribution is 2.38. The Morgan fingerprint density at radius 1 is 1.32 bits per heavy atom. The lowest BCUT2D eigenvalue weighted by atomic mass is 9.81. The molecule has 1 fully saturated rings. The van der Waals surface area contributed by atoms with E-state index in [0.717, 1.165) is 19.4 Å². The van der Waals surface area contributed by atoms with Gasteiger partial charge in [0, 0.05) is 12.5 Å². The second kappa shape index (κ2) is 5.85. The highest BCUT2D eigenvalue weighted by atomic mass is 35.5. The second-order valence-corrected chi connectivity index (χ2v) is 6.76. The monoisotopic (exact) mass is 280 g/mol. The molecule has 2 rings (SSSR count). The fourth-order valence-electron chi connectivity index (χ4n) is 2.70. The van der Waals surface area contributed by atoms with Crippen LogP contribution in [0.5, 0.6) is 0 Å². The van der Waals surface area contributed by atoms with E-state index in [1.54, 1.807) is 0 Å². The summed E-state index contributed by atoms with van der Waals surface area (Å²) < 4.78 is 5.62. The molecule has 3 unspecified atom stereocenters. The van der Waals surface area contributed by atoms with Crippen LogP contribution in [-0.2, 0) is 10.2 Å². The van der Waals surface area contributed by atoms with Crippen molar-refractivity contribution in [2.24, 2.45) is 5.92 Å². The SMILES string of the molecule is CCC(C)(C)c1ccc(C(Cl)C2CCOC2C)cc1. The first-order valence-electron chi connectivity index (χ1n) is 7.32. The molecular formula is C17H25ClO. The minimum absolute atomic E-state index is 0.0660. The Balaban J connectivity index is 2.14. The summed E-state index contributed by atoms with van der Waals surface area (Å²) >= 11 is 6.63. The van der Waals surface area contributed by atoms with Crippen LogP contribution >= 0.6 is 11.6 Å². The molecule has 19 heavy (non-hydrogen) atoms. The Morgan fingerprint density at radius 2 is 1.95 bits per heavy atom. The fourth-order valence-corrected chi connectivity index (χ4v) is 3.18. The molecule has 3 atom stereocenters. The van der Waals surface area contributed by atoms with Crippen LogP contribution in [-0.4, -0.2) is 12.7 Å². The molecule has 1 aromatic carbocycles. The zero-order valence-corrected chi connectivity index (χ0v) is 13.2. The van der Waals surface area contributed by atoms with Crippen molar-refractivity contribution < 1.29 is 4.74 Å². The van der Waals surface area contributed by atoms with E-state index in [4.69, 9.17) is 16.3 Å². The Morgan fingerprint density at radius 3 is 2.42 bits per heavy atom. The van der Waals surface area contributed by atoms with Crippen molar-refractivity contribution in [2.75, 3.05) is 6.61 Å². The maximum absolute atomic E-state index is 6.63. The predicted molar refractivity (Wildman–Crippen MR) is 81.9 cm³/mol. The van der Waals surface area contributed by atoms with Crippen molar-refractivity contribution in [2.45, 2.75) is 57.4 Å². The van der Waals surface area contributed by atoms with Crippen molar-refractivity contribution in [1.82, 2.24) is 0 Å². The number of benzene rings is 1. The van der Waals surface area contributed by atoms with E-state index in [1.165, 1.54) is 11.1 Å². The molecule has 1 saturated heterocycles. The van der Waals surface area contributed by atoms with Crippen molar-refractivity contribution in [1.29, 1.82) is 0 Å². The maximum Gasteiger partial charge on any atom is 0.0638 e. The van der Waals surface area contributed by atoms with E-state index in [9.17, 15) is 0 Å². The molecule has 0 radical (unpaired) electrons. The second-order valence-electron chi connectivity index (χ2n) is 6.29. The van der Waals surface area contributed by atoms with Gasteiger partial charge >= 0.3 is 0 Å². The van der Waals surface area contributed by atoms with Crippen LogP contribution in [0.4, 0.5) is 0 Å². The quantitative estimate of drug-likeness (QED) is 0.699. The highest BCUT2D eigenvalue weighted by Gasteiger charge is 2.31. The van der Waals surface area contributed by atoms with Gasteiger partial charge in [-0.15, -0.1) is 11.6 Å². The maximum atomic E-state index is 6.63. The molecule has 0 saturated carbocycles. The summed E-state index contributed by atoms with van der Waals surface area (Å²) in [6.45, 7) is 9.77. The molecule has 1 aliphatic heterocycles. The van der Waals surface area contributed by atoms with Crippen molar-refractivity contribution in [3.05, 3.63) is 35.4 Å². The Kier molecular flexibility index (Phi) is 4.58. The molecule has 0 N–H and O–H groups in total. The van der Waals surface area contributed by atoms with Crippen LogP contribution in [0.15, 0.2) is 24.3 Å². The first-order chi connectivity index (χ1) is 8.95. The average molecular weight is 281 g/mol. The van der Waals surface area contributed by atoms with E-state index in [2.05, 4.69) is 52.0 Å². The molecule has 1 nitrogen and oxygen atoms in total. The lowest BCUT2D eigenvalue weighted by molar-refractivity contribution is 0.105. The van der Waals surface area contributed by atoms with Crippen molar-refractivity contribution in [3.8, 4) is 0 Å². The molecular weight excluding hydrogens is 256 g/mol. The van der Waals surface area contributed by atoms with E-state index in [-0.39, 0.29) is 16.9 Å². The predicted octanol–water partition coefficient (Wildman–Crippen LogP) is 5.08. The van der Waals surface area contributed by atoms with Gasteiger partial charge in [0.1, 0.15) is 0 Å². The average Bonchev–Trinajstić information content (AvgIpc) is 2.84. The van der Waals surface area contributed by atoms with Crippen LogP contribution < -0.4 is 0 Å². The summed E-state index contributed by atoms with van der Waals surface area (Å²) in [5, 5.41) is 0.0660. The van der Waals surface area contributed by atoms with Crippen LogP contribution in [0.25, 0.3) is 0 Å². The standard InChI is InChI=1S/C17H25ClO/c1-5-17(3,4)14-8-6-13(7-9-14)16(18)15-10-11-19-12(15)2/h6-9,12,15-16H,5,10-11H2,1-4H3. The van der Waals surface area contributed by atoms with Crippen LogP contribution in [0.3, 0.4) is 0 Å². The third kappa shape index (κ3) is 3.14. The topological polar surface area (TPSA) is 9.23 Å². The summed E-state index contributed by atoms with van der Waals surface area (Å²) in [6.07, 6.45) is 2.48. The Hall–Kier alpha value is -0.530. The van der Waals surface area contributed by atoms with Crippen LogP contribution in [0.1, 0.15) is 57.0 Å². The highest BCUT2D eigenvalue weighted by molar-refractivity contribution is 6.21. The summed E-state index contributed by atoms with van der Waals surface area (Å²) in [5.74, 6) is 0.437. The van der Waals surface area contributed by atoms with Crippen molar-refractivity contribution in [3.63, 3.8) is 0 Å². The zero-order chi connectivity index (χ0) is 14.0. The lowest BCUT2D eigenvalue weighted by Crippen LogP contribution is -2.18. The smallest absolute Gasteiger partial charge is 0.0638 e. The van der Waals surface area contributed by atoms with Gasteiger partial charge in [0.05, 0.1) is 11.5 Å². The molecule has 0 bridgehead atoms. The third-order valence-corrected chi connectivity index (χ3v) is 5.28. The van der Waals surface area contributed by atoms with Crippen LogP contribution in [0, 0.1) is 5.92 Å². The van der Waals surface area contributed by atoms with Crippen LogP contribution in [0.2, 0.25) is 0 Å². The van der Waals surface area contributed by atoms with Gasteiger partial charge in [-0.1, -0.05) is 45.0 Å². The molecule has 0 spiro atoms. The first-order valence-corrected chi connectivity index (χ1v) is 7.75. The number of rotatable bonds is 4. The fraction of sp³-hybridized carbons (Fsp3) is 0.647. The van der Waals surface area contributed by atoms with Gasteiger partial charge in [0.2, 0.25) is 0 Å². The zero-order valence-electron chi connectivity index (χ0n) is 12.4. The van der Waals surface area contributed by atoms with E-state index < -0.39 is 0 Å². The summed E-state index contributed by atoms with van der Waals surface area (Å²) in [4.78, 5) is 0. The summed E-state index contributed by atoms with van der Waals surface area (Å²) in [7, 11) is 0. The van der Waals surface area contributed by atoms with E-state index >= 15 is 0 Å². The van der Waals surface area contributed by atoms with Gasteiger partial charge in [-0.05, 0) is 36.3 Å². The Labute approximate surface area is 122 Å². The van der Waals surface area contributed by atoms with E-state index in [0.29, 0.717) is 5.92 Å². The lowest BCUT2D eigenvalue weighted by Gasteiger charge is -2.25. The van der Waals surface area contributed by atoms with Gasteiger partial charge in [-0.2, -0.15) is 0 Å². The van der Waals surface area contributed by atoms with Gasteiger partial charge in [0.15, 0.2) is 0 Å². The summed E-state index contributed by atoms with van der Waals surface area (Å²) in [5.41, 5.74) is 2.85. The molecule has 2 heteroatoms. The molecule has 0 aliphatic carbocycles. The molecule has 0 aromatic heterocycles. The molecule has 106 valence electrons. The number of alkyl halides is 1. The van der Waals surface area contributed by atoms with Gasteiger partial charge < -0.3 is 4.74 Å². The van der Waals surface area contributed by atoms with Crippen molar-refractivity contribution >= 4 is 11.6 Å². The third-order valence-electron chi connectivity index (χ3n) is 4.71. The first kappa shape index (κ1) is 14.9. The molecule has 1 heterocycles. The molecule has 1 aromatic rings. The van der Waals surface area contributed by atoms with Gasteiger partial charge in [0.25, 0.3) is 0 Å². The normalized spacial score (nSPS) is 25.5. The minimum Gasteiger partial charge on any atom is -0.378 e. The van der Waals surface area contributed by atoms with Gasteiger partial charge in [-0.3, -0.25) is 0 Å². The number of ether oxygens (including phenoxy) is 1. The number of hydrogen-bond acceptors (Lipinski definition) is 1. The largest absolute Gasteiger partial charge is 0.378 e. The Bertz CT molecular complexity index is 410. The minimum atomic E-state index is 0.0660. The van der Waals surface area contributed by atoms with Gasteiger partial charge in [-0.25, -0.2) is 0 Å². The molecule has 1 aliphatic rings. The number of hydrogen-bond donors (Lipinski definition) is 0.